The van der Waals surface area contributed by atoms with Gasteiger partial charge < -0.3 is 4.74 Å². The Balaban J connectivity index is 2.05. The van der Waals surface area contributed by atoms with Crippen LogP contribution < -0.4 is 4.74 Å². The summed E-state index contributed by atoms with van der Waals surface area (Å²) in [5, 5.41) is 9.76. The Bertz CT molecular complexity index is 725. The molecule has 1 heterocycles. The zero-order valence-electron chi connectivity index (χ0n) is 11.3. The van der Waals surface area contributed by atoms with Crippen molar-refractivity contribution in [2.24, 2.45) is 0 Å². The molecule has 3 rings (SSSR count). The quantitative estimate of drug-likeness (QED) is 0.809. The van der Waals surface area contributed by atoms with E-state index >= 15 is 0 Å². The fourth-order valence-corrected chi connectivity index (χ4v) is 3.12. The summed E-state index contributed by atoms with van der Waals surface area (Å²) in [7, 11) is 0. The number of halogens is 2. The summed E-state index contributed by atoms with van der Waals surface area (Å²) < 4.78 is 20.4. The molecule has 0 saturated carbocycles. The summed E-state index contributed by atoms with van der Waals surface area (Å²) >= 11 is 3.25. The number of hydrogen-bond acceptors (Lipinski definition) is 2. The molecule has 0 amide bonds. The number of para-hydroxylation sites is 1. The van der Waals surface area contributed by atoms with E-state index < -0.39 is 5.41 Å². The summed E-state index contributed by atoms with van der Waals surface area (Å²) in [6.07, 6.45) is 0.916. The maximum absolute atomic E-state index is 14.1. The van der Waals surface area contributed by atoms with Crippen LogP contribution in [0.2, 0.25) is 0 Å². The Kier molecular flexibility index (Phi) is 3.69. The van der Waals surface area contributed by atoms with Gasteiger partial charge in [-0.05, 0) is 30.2 Å². The maximum atomic E-state index is 14.1. The number of hydrogen-bond donors (Lipinski definition) is 0. The van der Waals surface area contributed by atoms with Gasteiger partial charge in [0.1, 0.15) is 11.6 Å². The number of ether oxygens (including phenoxy) is 1. The van der Waals surface area contributed by atoms with Crippen molar-refractivity contribution in [1.82, 2.24) is 0 Å². The second-order valence-electron chi connectivity index (χ2n) is 5.20. The summed E-state index contributed by atoms with van der Waals surface area (Å²) in [4.78, 5) is 0. The summed E-state index contributed by atoms with van der Waals surface area (Å²) in [6.45, 7) is 0.475. The van der Waals surface area contributed by atoms with Crippen molar-refractivity contribution in [2.45, 2.75) is 18.3 Å². The van der Waals surface area contributed by atoms with E-state index in [0.29, 0.717) is 29.5 Å². The first-order valence-corrected chi connectivity index (χ1v) is 7.51. The van der Waals surface area contributed by atoms with Crippen molar-refractivity contribution >= 4 is 15.9 Å². The molecule has 0 bridgehead atoms. The predicted molar refractivity (Wildman–Crippen MR) is 81.6 cm³/mol. The molecule has 1 atom stereocenters. The van der Waals surface area contributed by atoms with Crippen molar-refractivity contribution in [3.63, 3.8) is 0 Å². The van der Waals surface area contributed by atoms with Crippen LogP contribution in [0.25, 0.3) is 0 Å². The van der Waals surface area contributed by atoms with Gasteiger partial charge in [0.2, 0.25) is 0 Å². The van der Waals surface area contributed by atoms with Crippen molar-refractivity contribution < 1.29 is 9.13 Å². The van der Waals surface area contributed by atoms with Gasteiger partial charge in [0.25, 0.3) is 0 Å². The van der Waals surface area contributed by atoms with Gasteiger partial charge in [-0.3, -0.25) is 0 Å². The van der Waals surface area contributed by atoms with Crippen LogP contribution >= 0.6 is 15.9 Å². The third-order valence-corrected chi connectivity index (χ3v) is 4.40. The van der Waals surface area contributed by atoms with E-state index in [-0.39, 0.29) is 5.82 Å². The van der Waals surface area contributed by atoms with Gasteiger partial charge in [-0.25, -0.2) is 4.39 Å². The number of fused-ring (bicyclic) bond motifs is 1. The standard InChI is InChI=1S/C17H13BrFNO/c18-13-6-5-12(15(19)9-13)10-17(11-20)7-8-21-16-4-2-1-3-14(16)17/h1-6,9H,7-8,10H2. The molecule has 0 aromatic heterocycles. The van der Waals surface area contributed by atoms with E-state index in [9.17, 15) is 9.65 Å². The molecular weight excluding hydrogens is 333 g/mol. The van der Waals surface area contributed by atoms with Crippen molar-refractivity contribution in [1.29, 1.82) is 5.26 Å². The van der Waals surface area contributed by atoms with Crippen molar-refractivity contribution in [3.8, 4) is 11.8 Å². The van der Waals surface area contributed by atoms with E-state index in [1.807, 2.05) is 24.3 Å². The molecular formula is C17H13BrFNO. The van der Waals surface area contributed by atoms with Gasteiger partial charge in [0, 0.05) is 16.5 Å². The zero-order chi connectivity index (χ0) is 14.9. The first-order valence-electron chi connectivity index (χ1n) is 6.72. The smallest absolute Gasteiger partial charge is 0.127 e. The van der Waals surface area contributed by atoms with Crippen LogP contribution in [0.15, 0.2) is 46.9 Å². The molecule has 106 valence electrons. The first kappa shape index (κ1) is 14.1. The van der Waals surface area contributed by atoms with E-state index in [2.05, 4.69) is 22.0 Å². The van der Waals surface area contributed by atoms with Crippen LogP contribution in [0.3, 0.4) is 0 Å². The summed E-state index contributed by atoms with van der Waals surface area (Å²) in [5.74, 6) is 0.436. The molecule has 0 spiro atoms. The fraction of sp³-hybridized carbons (Fsp3) is 0.235. The average Bonchev–Trinajstić information content (AvgIpc) is 2.50. The van der Waals surface area contributed by atoms with Crippen LogP contribution in [-0.4, -0.2) is 6.61 Å². The number of nitriles is 1. The van der Waals surface area contributed by atoms with E-state index in [1.165, 1.54) is 6.07 Å². The summed E-state index contributed by atoms with van der Waals surface area (Å²) in [6, 6.07) is 14.9. The molecule has 0 radical (unpaired) electrons. The average molecular weight is 346 g/mol. The third kappa shape index (κ3) is 2.54. The normalized spacial score (nSPS) is 20.2. The second-order valence-corrected chi connectivity index (χ2v) is 6.12. The molecule has 2 nitrogen and oxygen atoms in total. The van der Waals surface area contributed by atoms with E-state index in [0.717, 1.165) is 11.3 Å². The number of nitrogens with zero attached hydrogens (tertiary/aromatic N) is 1. The molecule has 2 aromatic rings. The molecule has 0 saturated heterocycles. The molecule has 0 N–H and O–H groups in total. The van der Waals surface area contributed by atoms with E-state index in [1.54, 1.807) is 12.1 Å². The second kappa shape index (κ2) is 5.50. The molecule has 21 heavy (non-hydrogen) atoms. The molecule has 2 aromatic carbocycles. The van der Waals surface area contributed by atoms with Crippen LogP contribution in [0.5, 0.6) is 5.75 Å². The monoisotopic (exact) mass is 345 g/mol. The molecule has 1 unspecified atom stereocenters. The SMILES string of the molecule is N#CC1(Cc2ccc(Br)cc2F)CCOc2ccccc21. The number of rotatable bonds is 2. The number of benzene rings is 2. The minimum absolute atomic E-state index is 0.289. The summed E-state index contributed by atoms with van der Waals surface area (Å²) in [5.41, 5.74) is 0.668. The van der Waals surface area contributed by atoms with Gasteiger partial charge >= 0.3 is 0 Å². The minimum atomic E-state index is -0.733. The van der Waals surface area contributed by atoms with Gasteiger partial charge in [0.15, 0.2) is 0 Å². The highest BCUT2D eigenvalue weighted by atomic mass is 79.9. The lowest BCUT2D eigenvalue weighted by Gasteiger charge is -2.33. The highest BCUT2D eigenvalue weighted by molar-refractivity contribution is 9.10. The van der Waals surface area contributed by atoms with E-state index in [4.69, 9.17) is 4.74 Å². The lowest BCUT2D eigenvalue weighted by Crippen LogP contribution is -2.34. The minimum Gasteiger partial charge on any atom is -0.493 e. The van der Waals surface area contributed by atoms with Gasteiger partial charge in [0.05, 0.1) is 18.1 Å². The first-order chi connectivity index (χ1) is 10.1. The Morgan fingerprint density at radius 1 is 1.29 bits per heavy atom. The lowest BCUT2D eigenvalue weighted by molar-refractivity contribution is 0.240. The fourth-order valence-electron chi connectivity index (χ4n) is 2.79. The maximum Gasteiger partial charge on any atom is 0.127 e. The zero-order valence-corrected chi connectivity index (χ0v) is 12.9. The van der Waals surface area contributed by atoms with Crippen LogP contribution in [0, 0.1) is 17.1 Å². The Morgan fingerprint density at radius 3 is 2.86 bits per heavy atom. The van der Waals surface area contributed by atoms with Gasteiger partial charge in [-0.2, -0.15) is 5.26 Å². The highest BCUT2D eigenvalue weighted by Crippen LogP contribution is 2.41. The molecule has 1 aliphatic heterocycles. The molecule has 0 fully saturated rings. The van der Waals surface area contributed by atoms with Crippen LogP contribution in [0.4, 0.5) is 4.39 Å². The molecule has 1 aliphatic rings. The molecule has 0 aliphatic carbocycles. The topological polar surface area (TPSA) is 33.0 Å². The Hall–Kier alpha value is -1.86. The van der Waals surface area contributed by atoms with Gasteiger partial charge in [-0.1, -0.05) is 40.2 Å². The Labute approximate surface area is 131 Å². The Morgan fingerprint density at radius 2 is 2.10 bits per heavy atom. The largest absolute Gasteiger partial charge is 0.493 e. The highest BCUT2D eigenvalue weighted by Gasteiger charge is 2.38. The predicted octanol–water partition coefficient (Wildman–Crippen LogP) is 4.37. The molecule has 4 heteroatoms. The van der Waals surface area contributed by atoms with Gasteiger partial charge in [-0.15, -0.1) is 0 Å². The van der Waals surface area contributed by atoms with Crippen molar-refractivity contribution in [2.75, 3.05) is 6.61 Å². The van der Waals surface area contributed by atoms with Crippen molar-refractivity contribution in [3.05, 3.63) is 63.9 Å². The lowest BCUT2D eigenvalue weighted by atomic mass is 9.73. The van der Waals surface area contributed by atoms with Crippen LogP contribution in [0.1, 0.15) is 17.5 Å². The third-order valence-electron chi connectivity index (χ3n) is 3.91. The van der Waals surface area contributed by atoms with Crippen LogP contribution in [-0.2, 0) is 11.8 Å².